The zero-order chi connectivity index (χ0) is 29.0. The molecule has 0 bridgehead atoms. The molecule has 0 radical (unpaired) electrons. The van der Waals surface area contributed by atoms with Gasteiger partial charge in [-0.15, -0.1) is 0 Å². The summed E-state index contributed by atoms with van der Waals surface area (Å²) in [6.45, 7) is 10.6. The van der Waals surface area contributed by atoms with Crippen molar-refractivity contribution in [2.45, 2.75) is 64.6 Å². The van der Waals surface area contributed by atoms with Gasteiger partial charge >= 0.3 is 0 Å². The summed E-state index contributed by atoms with van der Waals surface area (Å²) in [6, 6.07) is 19.5. The fourth-order valence-electron chi connectivity index (χ4n) is 4.12. The molecule has 0 fully saturated rings. The van der Waals surface area contributed by atoms with E-state index < -0.39 is 34.1 Å². The van der Waals surface area contributed by atoms with Crippen LogP contribution in [-0.4, -0.2) is 43.3 Å². The first kappa shape index (κ1) is 30.2. The molecule has 3 aromatic rings. The Bertz CT molecular complexity index is 1430. The second kappa shape index (κ2) is 12.2. The fraction of sp³-hybridized carbons (Fsp3) is 0.333. The van der Waals surface area contributed by atoms with E-state index in [1.165, 1.54) is 29.2 Å². The highest BCUT2D eigenvalue weighted by Gasteiger charge is 2.34. The van der Waals surface area contributed by atoms with Gasteiger partial charge in [-0.2, -0.15) is 0 Å². The maximum absolute atomic E-state index is 14.0. The summed E-state index contributed by atoms with van der Waals surface area (Å²) in [7, 11) is -4.15. The van der Waals surface area contributed by atoms with Crippen LogP contribution in [0.25, 0.3) is 0 Å². The molecule has 7 nitrogen and oxygen atoms in total. The lowest BCUT2D eigenvalue weighted by molar-refractivity contribution is -0.140. The van der Waals surface area contributed by atoms with E-state index >= 15 is 0 Å². The Balaban J connectivity index is 2.06. The topological polar surface area (TPSA) is 86.8 Å². The lowest BCUT2D eigenvalue weighted by Gasteiger charge is -2.34. The number of hydrogen-bond donors (Lipinski definition) is 1. The first-order chi connectivity index (χ1) is 18.2. The molecule has 1 N–H and O–H groups in total. The van der Waals surface area contributed by atoms with Crippen molar-refractivity contribution in [3.05, 3.63) is 94.5 Å². The van der Waals surface area contributed by atoms with E-state index in [1.807, 2.05) is 52.0 Å². The lowest BCUT2D eigenvalue weighted by atomic mass is 10.1. The van der Waals surface area contributed by atoms with Crippen LogP contribution in [0.3, 0.4) is 0 Å². The number of nitrogens with one attached hydrogen (secondary N) is 1. The van der Waals surface area contributed by atoms with Crippen molar-refractivity contribution in [2.75, 3.05) is 10.8 Å². The van der Waals surface area contributed by atoms with Crippen LogP contribution in [0, 0.1) is 13.8 Å². The summed E-state index contributed by atoms with van der Waals surface area (Å²) in [5.74, 6) is -0.831. The highest BCUT2D eigenvalue weighted by Crippen LogP contribution is 2.28. The quantitative estimate of drug-likeness (QED) is 0.369. The summed E-state index contributed by atoms with van der Waals surface area (Å²) >= 11 is 6.00. The largest absolute Gasteiger partial charge is 0.350 e. The van der Waals surface area contributed by atoms with E-state index in [0.717, 1.165) is 15.4 Å². The van der Waals surface area contributed by atoms with Crippen LogP contribution in [0.5, 0.6) is 0 Å². The van der Waals surface area contributed by atoms with Crippen LogP contribution < -0.4 is 9.62 Å². The van der Waals surface area contributed by atoms with Crippen LogP contribution in [-0.2, 0) is 26.2 Å². The van der Waals surface area contributed by atoms with E-state index in [2.05, 4.69) is 5.32 Å². The first-order valence-corrected chi connectivity index (χ1v) is 14.5. The molecule has 3 rings (SSSR count). The Morgan fingerprint density at radius 1 is 0.897 bits per heavy atom. The molecule has 0 spiro atoms. The molecule has 0 saturated carbocycles. The van der Waals surface area contributed by atoms with Gasteiger partial charge in [-0.05, 0) is 88.6 Å². The fourth-order valence-corrected chi connectivity index (χ4v) is 5.72. The highest BCUT2D eigenvalue weighted by atomic mass is 35.5. The van der Waals surface area contributed by atoms with Crippen LogP contribution in [0.1, 0.15) is 44.4 Å². The molecule has 0 aliphatic heterocycles. The van der Waals surface area contributed by atoms with Gasteiger partial charge in [0.2, 0.25) is 11.8 Å². The average Bonchev–Trinajstić information content (AvgIpc) is 2.86. The SMILES string of the molecule is Cc1ccccc1CN(C(=O)CN(c1ccccc1C)S(=O)(=O)c1ccc(Cl)cc1)[C@H](C)C(=O)NC(C)(C)C. The Morgan fingerprint density at radius 2 is 1.46 bits per heavy atom. The van der Waals surface area contributed by atoms with Crippen LogP contribution in [0.15, 0.2) is 77.7 Å². The van der Waals surface area contributed by atoms with Crippen molar-refractivity contribution >= 4 is 39.1 Å². The van der Waals surface area contributed by atoms with Crippen molar-refractivity contribution in [2.24, 2.45) is 0 Å². The monoisotopic (exact) mass is 569 g/mol. The molecule has 0 aliphatic rings. The van der Waals surface area contributed by atoms with Gasteiger partial charge in [-0.3, -0.25) is 13.9 Å². The molecular weight excluding hydrogens is 534 g/mol. The number of carbonyl (C=O) groups excluding carboxylic acids is 2. The summed E-state index contributed by atoms with van der Waals surface area (Å²) < 4.78 is 28.9. The van der Waals surface area contributed by atoms with Gasteiger partial charge in [0.1, 0.15) is 12.6 Å². The van der Waals surface area contributed by atoms with Crippen molar-refractivity contribution in [3.63, 3.8) is 0 Å². The number of nitrogens with zero attached hydrogens (tertiary/aromatic N) is 2. The molecule has 3 aromatic carbocycles. The molecular formula is C30H36ClN3O4S. The van der Waals surface area contributed by atoms with E-state index in [1.54, 1.807) is 38.1 Å². The highest BCUT2D eigenvalue weighted by molar-refractivity contribution is 7.92. The smallest absolute Gasteiger partial charge is 0.264 e. The third kappa shape index (κ3) is 7.61. The molecule has 2 amide bonds. The molecule has 0 aromatic heterocycles. The normalized spacial score (nSPS) is 12.5. The van der Waals surface area contributed by atoms with Crippen LogP contribution in [0.4, 0.5) is 5.69 Å². The first-order valence-electron chi connectivity index (χ1n) is 12.7. The molecule has 1 atom stereocenters. The molecule has 39 heavy (non-hydrogen) atoms. The zero-order valence-electron chi connectivity index (χ0n) is 23.2. The number of para-hydroxylation sites is 1. The van der Waals surface area contributed by atoms with Crippen molar-refractivity contribution in [3.8, 4) is 0 Å². The number of amides is 2. The number of benzene rings is 3. The van der Waals surface area contributed by atoms with Gasteiger partial charge in [0.05, 0.1) is 10.6 Å². The summed E-state index contributed by atoms with van der Waals surface area (Å²) in [5, 5.41) is 3.33. The van der Waals surface area contributed by atoms with Gasteiger partial charge in [-0.25, -0.2) is 8.42 Å². The zero-order valence-corrected chi connectivity index (χ0v) is 24.8. The summed E-state index contributed by atoms with van der Waals surface area (Å²) in [5.41, 5.74) is 2.39. The molecule has 0 saturated heterocycles. The third-order valence-electron chi connectivity index (χ3n) is 6.33. The molecule has 0 unspecified atom stereocenters. The number of anilines is 1. The Hall–Kier alpha value is -3.36. The second-order valence-corrected chi connectivity index (χ2v) is 12.9. The predicted octanol–water partition coefficient (Wildman–Crippen LogP) is 5.48. The van der Waals surface area contributed by atoms with Gasteiger partial charge < -0.3 is 10.2 Å². The van der Waals surface area contributed by atoms with Gasteiger partial charge in [0.15, 0.2) is 0 Å². The van der Waals surface area contributed by atoms with Crippen molar-refractivity contribution < 1.29 is 18.0 Å². The number of carbonyl (C=O) groups is 2. The van der Waals surface area contributed by atoms with E-state index in [-0.39, 0.29) is 17.3 Å². The van der Waals surface area contributed by atoms with E-state index in [9.17, 15) is 18.0 Å². The van der Waals surface area contributed by atoms with Gasteiger partial charge in [0.25, 0.3) is 10.0 Å². The predicted molar refractivity (Wildman–Crippen MR) is 156 cm³/mol. The maximum atomic E-state index is 14.0. The van der Waals surface area contributed by atoms with Crippen molar-refractivity contribution in [1.29, 1.82) is 0 Å². The molecule has 208 valence electrons. The number of sulfonamides is 1. The summed E-state index contributed by atoms with van der Waals surface area (Å²) in [6.07, 6.45) is 0. The van der Waals surface area contributed by atoms with Crippen LogP contribution in [0.2, 0.25) is 5.02 Å². The minimum Gasteiger partial charge on any atom is -0.350 e. The number of aryl methyl sites for hydroxylation is 2. The van der Waals surface area contributed by atoms with Crippen LogP contribution >= 0.6 is 11.6 Å². The van der Waals surface area contributed by atoms with E-state index in [4.69, 9.17) is 11.6 Å². The van der Waals surface area contributed by atoms with E-state index in [0.29, 0.717) is 16.3 Å². The van der Waals surface area contributed by atoms with Crippen molar-refractivity contribution in [1.82, 2.24) is 10.2 Å². The second-order valence-electron chi connectivity index (χ2n) is 10.6. The molecule has 9 heteroatoms. The number of hydrogen-bond acceptors (Lipinski definition) is 4. The average molecular weight is 570 g/mol. The lowest BCUT2D eigenvalue weighted by Crippen LogP contribution is -2.54. The third-order valence-corrected chi connectivity index (χ3v) is 8.36. The van der Waals surface area contributed by atoms with Gasteiger partial charge in [-0.1, -0.05) is 54.1 Å². The minimum absolute atomic E-state index is 0.00642. The Labute approximate surface area is 236 Å². The Morgan fingerprint density at radius 3 is 2.03 bits per heavy atom. The standard InChI is InChI=1S/C30H36ClN3O4S/c1-21-11-7-9-13-24(21)19-33(23(3)29(36)32-30(4,5)6)28(35)20-34(27-14-10-8-12-22(27)2)39(37,38)26-17-15-25(31)16-18-26/h7-18,23H,19-20H2,1-6H3,(H,32,36)/t23-/m1/s1. The van der Waals surface area contributed by atoms with Gasteiger partial charge in [0, 0.05) is 17.1 Å². The number of rotatable bonds is 9. The Kier molecular flexibility index (Phi) is 9.46. The molecule has 0 heterocycles. The summed E-state index contributed by atoms with van der Waals surface area (Å²) in [4.78, 5) is 28.6. The minimum atomic E-state index is -4.15. The number of halogens is 1. The molecule has 0 aliphatic carbocycles. The maximum Gasteiger partial charge on any atom is 0.264 e.